The molecule has 0 aliphatic heterocycles. The zero-order valence-corrected chi connectivity index (χ0v) is 9.10. The van der Waals surface area contributed by atoms with E-state index in [9.17, 15) is 0 Å². The maximum Gasteiger partial charge on any atom is 0.128 e. The minimum absolute atomic E-state index is 0.905. The molecule has 1 heterocycles. The molecule has 0 fully saturated rings. The number of halogens is 1. The highest BCUT2D eigenvalue weighted by molar-refractivity contribution is 9.10. The second kappa shape index (κ2) is 3.07. The summed E-state index contributed by atoms with van der Waals surface area (Å²) < 4.78 is 6.32. The van der Waals surface area contributed by atoms with E-state index in [0.717, 1.165) is 26.8 Å². The molecule has 2 nitrogen and oxygen atoms in total. The molecule has 0 atom stereocenters. The maximum atomic E-state index is 5.25. The molecule has 2 aromatic rings. The fraction of sp³-hybridized carbons (Fsp3) is 0.200. The van der Waals surface area contributed by atoms with Crippen LogP contribution in [0, 0.1) is 6.92 Å². The Morgan fingerprint density at radius 2 is 2.15 bits per heavy atom. The monoisotopic (exact) mass is 239 g/mol. The summed E-state index contributed by atoms with van der Waals surface area (Å²) in [7, 11) is 1.69. The molecule has 1 aromatic carbocycles. The number of ether oxygens (including phenoxy) is 1. The van der Waals surface area contributed by atoms with Gasteiger partial charge in [-0.2, -0.15) is 0 Å². The Hall–Kier alpha value is -0.960. The molecule has 3 heteroatoms. The lowest BCUT2D eigenvalue weighted by molar-refractivity contribution is 0.420. The van der Waals surface area contributed by atoms with Crippen LogP contribution < -0.4 is 4.74 Å². The predicted molar refractivity (Wildman–Crippen MR) is 57.3 cm³/mol. The van der Waals surface area contributed by atoms with Gasteiger partial charge in [-0.05, 0) is 41.1 Å². The number of aromatic amines is 1. The summed E-state index contributed by atoms with van der Waals surface area (Å²) in [6, 6.07) is 6.02. The largest absolute Gasteiger partial charge is 0.496 e. The van der Waals surface area contributed by atoms with Gasteiger partial charge in [0.1, 0.15) is 5.75 Å². The lowest BCUT2D eigenvalue weighted by atomic mass is 10.2. The van der Waals surface area contributed by atoms with E-state index >= 15 is 0 Å². The topological polar surface area (TPSA) is 25.0 Å². The van der Waals surface area contributed by atoms with Crippen molar-refractivity contribution in [3.8, 4) is 5.75 Å². The van der Waals surface area contributed by atoms with Crippen LogP contribution in [0.4, 0.5) is 0 Å². The molecule has 0 aliphatic carbocycles. The number of methoxy groups -OCH3 is 1. The standard InChI is InChI=1S/C10H10BrNO/c1-6-5-7-9(13-2)4-3-8(11)10(7)12-6/h3-5,12H,1-2H3. The first-order valence-corrected chi connectivity index (χ1v) is 4.83. The molecule has 68 valence electrons. The Bertz CT molecular complexity index is 447. The van der Waals surface area contributed by atoms with Gasteiger partial charge in [0.05, 0.1) is 12.6 Å². The number of H-pyrrole nitrogens is 1. The van der Waals surface area contributed by atoms with E-state index in [1.807, 2.05) is 19.1 Å². The van der Waals surface area contributed by atoms with Crippen molar-refractivity contribution in [1.82, 2.24) is 4.98 Å². The van der Waals surface area contributed by atoms with E-state index in [0.29, 0.717) is 0 Å². The van der Waals surface area contributed by atoms with E-state index < -0.39 is 0 Å². The van der Waals surface area contributed by atoms with Gasteiger partial charge in [-0.3, -0.25) is 0 Å². The summed E-state index contributed by atoms with van der Waals surface area (Å²) in [6.45, 7) is 2.03. The maximum absolute atomic E-state index is 5.25. The Labute approximate surface area is 85.0 Å². The van der Waals surface area contributed by atoms with E-state index in [-0.39, 0.29) is 0 Å². The molecule has 0 spiro atoms. The van der Waals surface area contributed by atoms with Gasteiger partial charge in [0.15, 0.2) is 0 Å². The van der Waals surface area contributed by atoms with Crippen LogP contribution in [-0.2, 0) is 0 Å². The van der Waals surface area contributed by atoms with Crippen LogP contribution in [0.25, 0.3) is 10.9 Å². The Balaban J connectivity index is 2.83. The lowest BCUT2D eigenvalue weighted by Gasteiger charge is -2.01. The number of benzene rings is 1. The molecular formula is C10H10BrNO. The number of hydrogen-bond donors (Lipinski definition) is 1. The molecule has 13 heavy (non-hydrogen) atoms. The van der Waals surface area contributed by atoms with Crippen molar-refractivity contribution < 1.29 is 4.74 Å². The predicted octanol–water partition coefficient (Wildman–Crippen LogP) is 3.25. The summed E-state index contributed by atoms with van der Waals surface area (Å²) in [5.74, 6) is 0.905. The SMILES string of the molecule is COc1ccc(Br)c2[nH]c(C)cc12. The average molecular weight is 240 g/mol. The van der Waals surface area contributed by atoms with Crippen molar-refractivity contribution in [3.05, 3.63) is 28.4 Å². The number of hydrogen-bond acceptors (Lipinski definition) is 1. The molecule has 0 bridgehead atoms. The smallest absolute Gasteiger partial charge is 0.128 e. The van der Waals surface area contributed by atoms with Gasteiger partial charge >= 0.3 is 0 Å². The third-order valence-corrected chi connectivity index (χ3v) is 2.72. The molecular weight excluding hydrogens is 230 g/mol. The molecule has 0 saturated heterocycles. The van der Waals surface area contributed by atoms with Gasteiger partial charge in [0, 0.05) is 15.6 Å². The lowest BCUT2D eigenvalue weighted by Crippen LogP contribution is -1.83. The van der Waals surface area contributed by atoms with Crippen molar-refractivity contribution in [2.75, 3.05) is 7.11 Å². The average Bonchev–Trinajstić information content (AvgIpc) is 2.48. The molecule has 1 aromatic heterocycles. The summed E-state index contributed by atoms with van der Waals surface area (Å²) in [4.78, 5) is 3.27. The zero-order valence-electron chi connectivity index (χ0n) is 7.52. The molecule has 0 aliphatic rings. The number of aromatic nitrogens is 1. The number of fused-ring (bicyclic) bond motifs is 1. The summed E-state index contributed by atoms with van der Waals surface area (Å²) in [5, 5.41) is 1.12. The first-order valence-electron chi connectivity index (χ1n) is 4.04. The zero-order chi connectivity index (χ0) is 9.42. The fourth-order valence-corrected chi connectivity index (χ4v) is 1.92. The van der Waals surface area contributed by atoms with Gasteiger partial charge in [0.25, 0.3) is 0 Å². The van der Waals surface area contributed by atoms with Crippen LogP contribution in [0.15, 0.2) is 22.7 Å². The highest BCUT2D eigenvalue weighted by Gasteiger charge is 2.06. The van der Waals surface area contributed by atoms with Gasteiger partial charge < -0.3 is 9.72 Å². The van der Waals surface area contributed by atoms with E-state index in [2.05, 4.69) is 27.0 Å². The minimum Gasteiger partial charge on any atom is -0.496 e. The number of nitrogens with one attached hydrogen (secondary N) is 1. The molecule has 0 amide bonds. The Morgan fingerprint density at radius 1 is 1.38 bits per heavy atom. The quantitative estimate of drug-likeness (QED) is 0.813. The van der Waals surface area contributed by atoms with Crippen molar-refractivity contribution >= 4 is 26.8 Å². The highest BCUT2D eigenvalue weighted by atomic mass is 79.9. The van der Waals surface area contributed by atoms with Crippen LogP contribution in [-0.4, -0.2) is 12.1 Å². The van der Waals surface area contributed by atoms with Crippen molar-refractivity contribution in [3.63, 3.8) is 0 Å². The van der Waals surface area contributed by atoms with E-state index in [4.69, 9.17) is 4.74 Å². The fourth-order valence-electron chi connectivity index (χ4n) is 1.47. The highest BCUT2D eigenvalue weighted by Crippen LogP contribution is 2.31. The van der Waals surface area contributed by atoms with E-state index in [1.54, 1.807) is 7.11 Å². The van der Waals surface area contributed by atoms with Crippen LogP contribution >= 0.6 is 15.9 Å². The third-order valence-electron chi connectivity index (χ3n) is 2.06. The molecule has 0 unspecified atom stereocenters. The van der Waals surface area contributed by atoms with Gasteiger partial charge in [-0.25, -0.2) is 0 Å². The summed E-state index contributed by atoms with van der Waals surface area (Å²) >= 11 is 3.49. The Kier molecular flexibility index (Phi) is 2.04. The second-order valence-electron chi connectivity index (χ2n) is 2.99. The van der Waals surface area contributed by atoms with Gasteiger partial charge in [-0.1, -0.05) is 0 Å². The Morgan fingerprint density at radius 3 is 2.85 bits per heavy atom. The first-order chi connectivity index (χ1) is 6.22. The van der Waals surface area contributed by atoms with Crippen molar-refractivity contribution in [2.45, 2.75) is 6.92 Å². The van der Waals surface area contributed by atoms with Gasteiger partial charge in [-0.15, -0.1) is 0 Å². The van der Waals surface area contributed by atoms with Gasteiger partial charge in [0.2, 0.25) is 0 Å². The second-order valence-corrected chi connectivity index (χ2v) is 3.85. The normalized spacial score (nSPS) is 10.7. The molecule has 2 rings (SSSR count). The van der Waals surface area contributed by atoms with E-state index in [1.165, 1.54) is 0 Å². The van der Waals surface area contributed by atoms with Crippen molar-refractivity contribution in [2.24, 2.45) is 0 Å². The number of rotatable bonds is 1. The van der Waals surface area contributed by atoms with Crippen LogP contribution in [0.3, 0.4) is 0 Å². The minimum atomic E-state index is 0.905. The molecule has 1 N–H and O–H groups in total. The number of aryl methyl sites for hydroxylation is 1. The van der Waals surface area contributed by atoms with Crippen molar-refractivity contribution in [1.29, 1.82) is 0 Å². The van der Waals surface area contributed by atoms with Crippen LogP contribution in [0.2, 0.25) is 0 Å². The van der Waals surface area contributed by atoms with Crippen LogP contribution in [0.5, 0.6) is 5.75 Å². The van der Waals surface area contributed by atoms with Crippen LogP contribution in [0.1, 0.15) is 5.69 Å². The third kappa shape index (κ3) is 1.33. The molecule has 0 saturated carbocycles. The molecule has 0 radical (unpaired) electrons. The first kappa shape index (κ1) is 8.63. The summed E-state index contributed by atoms with van der Waals surface area (Å²) in [6.07, 6.45) is 0. The summed E-state index contributed by atoms with van der Waals surface area (Å²) in [5.41, 5.74) is 2.23.